The number of imide groups is 2. The van der Waals surface area contributed by atoms with Gasteiger partial charge in [0.15, 0.2) is 0 Å². The second-order valence-electron chi connectivity index (χ2n) is 5.63. The number of amides is 4. The van der Waals surface area contributed by atoms with Crippen LogP contribution in [0.15, 0.2) is 24.3 Å². The highest BCUT2D eigenvalue weighted by Gasteiger charge is 2.46. The Morgan fingerprint density at radius 3 is 2.26 bits per heavy atom. The number of nitrogens with zero attached hydrogens (tertiary/aromatic N) is 5. The molecule has 1 fully saturated rings. The minimum absolute atomic E-state index is 0.167. The second-order valence-corrected chi connectivity index (χ2v) is 5.63. The Morgan fingerprint density at radius 1 is 1.04 bits per heavy atom. The molecule has 0 N–H and O–H groups in total. The van der Waals surface area contributed by atoms with Crippen molar-refractivity contribution < 1.29 is 19.1 Å². The van der Waals surface area contributed by atoms with Gasteiger partial charge in [0.2, 0.25) is 0 Å². The zero-order valence-corrected chi connectivity index (χ0v) is 14.9. The van der Waals surface area contributed by atoms with Gasteiger partial charge in [0.25, 0.3) is 0 Å². The first-order valence-corrected chi connectivity index (χ1v) is 8.43. The van der Waals surface area contributed by atoms with Gasteiger partial charge < -0.3 is 4.74 Å². The number of carbonyl (C=O) groups excluding carboxylic acids is 3. The van der Waals surface area contributed by atoms with Crippen molar-refractivity contribution in [3.05, 3.63) is 24.3 Å². The van der Waals surface area contributed by atoms with E-state index in [0.29, 0.717) is 12.4 Å². The highest BCUT2D eigenvalue weighted by Crippen LogP contribution is 2.31. The topological polar surface area (TPSA) is 118 Å². The molecule has 0 aliphatic carbocycles. The van der Waals surface area contributed by atoms with E-state index < -0.39 is 17.8 Å². The molecule has 0 atom stereocenters. The van der Waals surface area contributed by atoms with Gasteiger partial charge in [-0.25, -0.2) is 14.6 Å². The highest BCUT2D eigenvalue weighted by molar-refractivity contribution is 6.53. The van der Waals surface area contributed by atoms with E-state index >= 15 is 0 Å². The van der Waals surface area contributed by atoms with Crippen LogP contribution in [0.5, 0.6) is 5.75 Å². The largest absolute Gasteiger partial charge is 0.492 e. The molecule has 9 nitrogen and oxygen atoms in total. The molecule has 27 heavy (non-hydrogen) atoms. The summed E-state index contributed by atoms with van der Waals surface area (Å²) in [5, 5.41) is 17.5. The van der Waals surface area contributed by atoms with E-state index in [2.05, 4.69) is 0 Å². The first-order valence-electron chi connectivity index (χ1n) is 8.43. The Kier molecular flexibility index (Phi) is 6.86. The summed E-state index contributed by atoms with van der Waals surface area (Å²) in [5.74, 6) is -1.60. The van der Waals surface area contributed by atoms with Crippen LogP contribution in [0.25, 0.3) is 0 Å². The van der Waals surface area contributed by atoms with Crippen molar-refractivity contribution >= 4 is 23.5 Å². The number of anilines is 1. The number of benzene rings is 1. The average Bonchev–Trinajstić information content (AvgIpc) is 2.88. The Balaban J connectivity index is 2.25. The van der Waals surface area contributed by atoms with Gasteiger partial charge in [-0.3, -0.25) is 14.5 Å². The summed E-state index contributed by atoms with van der Waals surface area (Å²) in [5.41, 5.74) is 0.200. The van der Waals surface area contributed by atoms with Crippen molar-refractivity contribution in [2.24, 2.45) is 0 Å². The van der Waals surface area contributed by atoms with E-state index in [0.717, 1.165) is 9.80 Å². The quantitative estimate of drug-likeness (QED) is 0.478. The summed E-state index contributed by atoms with van der Waals surface area (Å²) in [6.07, 6.45) is 0.346. The van der Waals surface area contributed by atoms with Crippen LogP contribution in [-0.4, -0.2) is 54.0 Å². The van der Waals surface area contributed by atoms with Gasteiger partial charge in [-0.15, -0.1) is 0 Å². The monoisotopic (exact) mass is 369 g/mol. The van der Waals surface area contributed by atoms with Gasteiger partial charge in [-0.2, -0.15) is 10.5 Å². The fourth-order valence-corrected chi connectivity index (χ4v) is 2.63. The molecule has 9 heteroatoms. The van der Waals surface area contributed by atoms with Crippen molar-refractivity contribution in [1.82, 2.24) is 9.80 Å². The Labute approximate surface area is 156 Å². The number of nitriles is 2. The minimum atomic E-state index is -0.965. The lowest BCUT2D eigenvalue weighted by Crippen LogP contribution is -2.43. The molecule has 1 aliphatic heterocycles. The van der Waals surface area contributed by atoms with E-state index in [1.54, 1.807) is 30.0 Å². The van der Waals surface area contributed by atoms with Gasteiger partial charge in [0.1, 0.15) is 5.75 Å². The number of hydrogen-bond donors (Lipinski definition) is 0. The standard InChI is InChI=1S/C18H19N5O4/c1-2-27-15-8-4-3-7-14(15)23-17(25)16(24)22(18(23)26)13-21(11-5-9-19)12-6-10-20/h3-4,7-8H,2,5-6,11-13H2,1H3. The summed E-state index contributed by atoms with van der Waals surface area (Å²) < 4.78 is 5.45. The molecule has 140 valence electrons. The molecule has 0 bridgehead atoms. The first-order chi connectivity index (χ1) is 13.0. The molecular formula is C18H19N5O4. The van der Waals surface area contributed by atoms with Gasteiger partial charge in [0, 0.05) is 25.9 Å². The normalized spacial score (nSPS) is 13.9. The van der Waals surface area contributed by atoms with Gasteiger partial charge in [-0.1, -0.05) is 12.1 Å². The van der Waals surface area contributed by atoms with Crippen molar-refractivity contribution in [3.8, 4) is 17.9 Å². The van der Waals surface area contributed by atoms with Crippen LogP contribution < -0.4 is 9.64 Å². The molecule has 4 amide bonds. The van der Waals surface area contributed by atoms with Crippen molar-refractivity contribution in [2.45, 2.75) is 19.8 Å². The van der Waals surface area contributed by atoms with E-state index in [1.807, 2.05) is 12.1 Å². The molecule has 1 aliphatic rings. The molecule has 1 saturated heterocycles. The molecule has 0 unspecified atom stereocenters. The zero-order valence-electron chi connectivity index (χ0n) is 14.9. The third-order valence-electron chi connectivity index (χ3n) is 3.88. The van der Waals surface area contributed by atoms with E-state index in [9.17, 15) is 14.4 Å². The average molecular weight is 369 g/mol. The molecule has 1 heterocycles. The number of rotatable bonds is 9. The number of ether oxygens (including phenoxy) is 1. The third-order valence-corrected chi connectivity index (χ3v) is 3.88. The summed E-state index contributed by atoms with van der Waals surface area (Å²) in [7, 11) is 0. The van der Waals surface area contributed by atoms with Crippen LogP contribution in [0.2, 0.25) is 0 Å². The fourth-order valence-electron chi connectivity index (χ4n) is 2.63. The number of urea groups is 1. The maximum atomic E-state index is 12.8. The van der Waals surface area contributed by atoms with Crippen LogP contribution in [0, 0.1) is 22.7 Å². The van der Waals surface area contributed by atoms with Crippen LogP contribution in [-0.2, 0) is 9.59 Å². The van der Waals surface area contributed by atoms with E-state index in [-0.39, 0.29) is 38.3 Å². The highest BCUT2D eigenvalue weighted by atomic mass is 16.5. The lowest BCUT2D eigenvalue weighted by atomic mass is 10.2. The smallest absolute Gasteiger partial charge is 0.340 e. The molecular weight excluding hydrogens is 350 g/mol. The predicted octanol–water partition coefficient (Wildman–Crippen LogP) is 1.47. The van der Waals surface area contributed by atoms with Gasteiger partial charge in [-0.05, 0) is 19.1 Å². The van der Waals surface area contributed by atoms with E-state index in [4.69, 9.17) is 15.3 Å². The lowest BCUT2D eigenvalue weighted by molar-refractivity contribution is -0.140. The Hall–Kier alpha value is -3.43. The zero-order chi connectivity index (χ0) is 19.8. The summed E-state index contributed by atoms with van der Waals surface area (Å²) in [6.45, 7) is 2.49. The van der Waals surface area contributed by atoms with Crippen LogP contribution in [0.3, 0.4) is 0 Å². The Bertz CT molecular complexity index is 793. The molecule has 0 radical (unpaired) electrons. The molecule has 1 aromatic carbocycles. The molecule has 1 aromatic rings. The second kappa shape index (κ2) is 9.32. The predicted molar refractivity (Wildman–Crippen MR) is 94.2 cm³/mol. The fraction of sp³-hybridized carbons (Fsp3) is 0.389. The number of carbonyl (C=O) groups is 3. The summed E-state index contributed by atoms with van der Waals surface area (Å²) in [4.78, 5) is 40.8. The molecule has 2 rings (SSSR count). The maximum absolute atomic E-state index is 12.8. The minimum Gasteiger partial charge on any atom is -0.492 e. The summed E-state index contributed by atoms with van der Waals surface area (Å²) >= 11 is 0. The number of para-hydroxylation sites is 2. The molecule has 0 aromatic heterocycles. The van der Waals surface area contributed by atoms with Crippen LogP contribution in [0.4, 0.5) is 10.5 Å². The van der Waals surface area contributed by atoms with Gasteiger partial charge >= 0.3 is 17.8 Å². The van der Waals surface area contributed by atoms with Crippen molar-refractivity contribution in [3.63, 3.8) is 0 Å². The van der Waals surface area contributed by atoms with E-state index in [1.165, 1.54) is 6.07 Å². The third kappa shape index (κ3) is 4.40. The number of hydrogen-bond acceptors (Lipinski definition) is 7. The molecule has 0 saturated carbocycles. The van der Waals surface area contributed by atoms with Gasteiger partial charge in [0.05, 0.1) is 31.1 Å². The summed E-state index contributed by atoms with van der Waals surface area (Å²) in [6, 6.07) is 9.65. The SMILES string of the molecule is CCOc1ccccc1N1C(=O)C(=O)N(CN(CCC#N)CCC#N)C1=O. The van der Waals surface area contributed by atoms with Crippen molar-refractivity contribution in [2.75, 3.05) is 31.3 Å². The lowest BCUT2D eigenvalue weighted by Gasteiger charge is -2.24. The van der Waals surface area contributed by atoms with Crippen LogP contribution in [0.1, 0.15) is 19.8 Å². The maximum Gasteiger partial charge on any atom is 0.340 e. The van der Waals surface area contributed by atoms with Crippen LogP contribution >= 0.6 is 0 Å². The van der Waals surface area contributed by atoms with Crippen molar-refractivity contribution in [1.29, 1.82) is 10.5 Å². The Morgan fingerprint density at radius 2 is 1.67 bits per heavy atom. The first kappa shape index (κ1) is 19.9. The molecule has 0 spiro atoms.